The number of amides is 3. The number of hydrogen-bond acceptors (Lipinski definition) is 4. The topological polar surface area (TPSA) is 53.1 Å². The Kier molecular flexibility index (Phi) is 5.55. The summed E-state index contributed by atoms with van der Waals surface area (Å²) in [6.45, 7) is 2.34. The Morgan fingerprint density at radius 3 is 2.67 bits per heavy atom. The Morgan fingerprint density at radius 2 is 2.06 bits per heavy atom. The molecular formula is C12H23N3O3. The summed E-state index contributed by atoms with van der Waals surface area (Å²) in [6, 6.07) is -0.254. The van der Waals surface area contributed by atoms with E-state index in [1.165, 1.54) is 11.9 Å². The lowest BCUT2D eigenvalue weighted by Crippen LogP contribution is -2.56. The molecule has 1 saturated heterocycles. The largest absolute Gasteiger partial charge is 0.385 e. The fraction of sp³-hybridized carbons (Fsp3) is 0.833. The molecule has 1 fully saturated rings. The minimum atomic E-state index is -0.221. The molecule has 1 rings (SSSR count). The van der Waals surface area contributed by atoms with Crippen molar-refractivity contribution >= 4 is 11.9 Å². The van der Waals surface area contributed by atoms with Crippen LogP contribution in [0.15, 0.2) is 0 Å². The summed E-state index contributed by atoms with van der Waals surface area (Å²) in [5, 5.41) is 0. The number of hydrogen-bond donors (Lipinski definition) is 0. The second kappa shape index (κ2) is 6.70. The van der Waals surface area contributed by atoms with Crippen molar-refractivity contribution in [1.82, 2.24) is 14.7 Å². The first-order chi connectivity index (χ1) is 8.47. The van der Waals surface area contributed by atoms with Gasteiger partial charge in [0, 0.05) is 47.3 Å². The molecule has 1 aliphatic heterocycles. The van der Waals surface area contributed by atoms with E-state index in [1.807, 2.05) is 7.05 Å². The third-order valence-corrected chi connectivity index (χ3v) is 3.33. The number of nitrogens with zero attached hydrogens (tertiary/aromatic N) is 3. The maximum Gasteiger partial charge on any atom is 0.326 e. The smallest absolute Gasteiger partial charge is 0.326 e. The van der Waals surface area contributed by atoms with Crippen LogP contribution >= 0.6 is 0 Å². The average molecular weight is 257 g/mol. The van der Waals surface area contributed by atoms with Gasteiger partial charge in [0.15, 0.2) is 0 Å². The molecule has 0 N–H and O–H groups in total. The van der Waals surface area contributed by atoms with Crippen LogP contribution in [0.3, 0.4) is 0 Å². The predicted molar refractivity (Wildman–Crippen MR) is 68.3 cm³/mol. The van der Waals surface area contributed by atoms with Crippen molar-refractivity contribution < 1.29 is 14.3 Å². The maximum absolute atomic E-state index is 11.8. The normalized spacial score (nSPS) is 21.1. The molecule has 1 heterocycles. The Balaban J connectivity index is 2.46. The van der Waals surface area contributed by atoms with E-state index >= 15 is 0 Å². The van der Waals surface area contributed by atoms with E-state index in [-0.39, 0.29) is 18.0 Å². The van der Waals surface area contributed by atoms with Crippen molar-refractivity contribution in [3.8, 4) is 0 Å². The Bertz CT molecular complexity index is 309. The number of methoxy groups -OCH3 is 1. The number of carbonyl (C=O) groups is 2. The highest BCUT2D eigenvalue weighted by molar-refractivity contribution is 5.96. The molecule has 104 valence electrons. The van der Waals surface area contributed by atoms with Crippen LogP contribution in [-0.2, 0) is 9.53 Å². The molecule has 0 spiro atoms. The highest BCUT2D eigenvalue weighted by atomic mass is 16.5. The van der Waals surface area contributed by atoms with Crippen LogP contribution in [0.5, 0.6) is 0 Å². The Morgan fingerprint density at radius 1 is 1.39 bits per heavy atom. The van der Waals surface area contributed by atoms with E-state index < -0.39 is 0 Å². The van der Waals surface area contributed by atoms with Gasteiger partial charge in [-0.1, -0.05) is 0 Å². The van der Waals surface area contributed by atoms with Crippen LogP contribution in [0.2, 0.25) is 0 Å². The van der Waals surface area contributed by atoms with Crippen molar-refractivity contribution in [3.63, 3.8) is 0 Å². The van der Waals surface area contributed by atoms with Gasteiger partial charge in [0.1, 0.15) is 0 Å². The lowest BCUT2D eigenvalue weighted by molar-refractivity contribution is -0.131. The first-order valence-corrected chi connectivity index (χ1v) is 6.18. The van der Waals surface area contributed by atoms with E-state index in [0.29, 0.717) is 13.0 Å². The fourth-order valence-electron chi connectivity index (χ4n) is 2.09. The molecule has 0 aliphatic carbocycles. The van der Waals surface area contributed by atoms with Crippen molar-refractivity contribution in [2.24, 2.45) is 0 Å². The standard InChI is InChI=1S/C12H23N3O3/c1-13(6-5-7-18-4)9-10-8-11(16)15(3)12(17)14(10)2/h10H,5-9H2,1-4H3. The number of carbonyl (C=O) groups excluding carboxylic acids is 2. The van der Waals surface area contributed by atoms with Gasteiger partial charge in [-0.15, -0.1) is 0 Å². The quantitative estimate of drug-likeness (QED) is 0.640. The van der Waals surface area contributed by atoms with E-state index in [9.17, 15) is 9.59 Å². The van der Waals surface area contributed by atoms with E-state index in [1.54, 1.807) is 19.1 Å². The zero-order valence-corrected chi connectivity index (χ0v) is 11.7. The molecule has 3 amide bonds. The highest BCUT2D eigenvalue weighted by Gasteiger charge is 2.34. The van der Waals surface area contributed by atoms with Crippen LogP contribution in [-0.4, -0.2) is 80.6 Å². The van der Waals surface area contributed by atoms with Gasteiger partial charge in [0.2, 0.25) is 5.91 Å². The van der Waals surface area contributed by atoms with Crippen molar-refractivity contribution in [3.05, 3.63) is 0 Å². The molecule has 0 aromatic carbocycles. The van der Waals surface area contributed by atoms with Gasteiger partial charge < -0.3 is 14.5 Å². The average Bonchev–Trinajstić information content (AvgIpc) is 2.33. The van der Waals surface area contributed by atoms with E-state index in [4.69, 9.17) is 4.74 Å². The molecule has 0 saturated carbocycles. The maximum atomic E-state index is 11.8. The lowest BCUT2D eigenvalue weighted by Gasteiger charge is -2.38. The minimum absolute atomic E-state index is 0.0336. The fourth-order valence-corrected chi connectivity index (χ4v) is 2.09. The van der Waals surface area contributed by atoms with Crippen LogP contribution < -0.4 is 0 Å². The van der Waals surface area contributed by atoms with E-state index in [0.717, 1.165) is 19.6 Å². The van der Waals surface area contributed by atoms with Gasteiger partial charge >= 0.3 is 6.03 Å². The summed E-state index contributed by atoms with van der Waals surface area (Å²) in [7, 11) is 6.96. The molecule has 6 heteroatoms. The third-order valence-electron chi connectivity index (χ3n) is 3.33. The number of likely N-dealkylation sites (N-methyl/N-ethyl adjacent to an activating group) is 2. The van der Waals surface area contributed by atoms with E-state index in [2.05, 4.69) is 4.90 Å². The molecule has 0 radical (unpaired) electrons. The van der Waals surface area contributed by atoms with Crippen LogP contribution in [0.1, 0.15) is 12.8 Å². The number of imide groups is 1. The highest BCUT2D eigenvalue weighted by Crippen LogP contribution is 2.15. The minimum Gasteiger partial charge on any atom is -0.385 e. The van der Waals surface area contributed by atoms with Gasteiger partial charge in [-0.25, -0.2) is 4.79 Å². The lowest BCUT2D eigenvalue weighted by atomic mass is 10.1. The van der Waals surface area contributed by atoms with Gasteiger partial charge in [0.05, 0.1) is 6.04 Å². The molecule has 0 aromatic heterocycles. The zero-order chi connectivity index (χ0) is 13.7. The van der Waals surface area contributed by atoms with Gasteiger partial charge in [0.25, 0.3) is 0 Å². The summed E-state index contributed by atoms with van der Waals surface area (Å²) >= 11 is 0. The molecule has 1 atom stereocenters. The predicted octanol–water partition coefficient (Wildman–Crippen LogP) is 0.237. The molecule has 18 heavy (non-hydrogen) atoms. The number of rotatable bonds is 6. The number of ether oxygens (including phenoxy) is 1. The Hall–Kier alpha value is -1.14. The molecule has 0 bridgehead atoms. The SMILES string of the molecule is COCCCN(C)CC1CC(=O)N(C)C(=O)N1C. The van der Waals surface area contributed by atoms with Gasteiger partial charge in [-0.05, 0) is 13.5 Å². The number of urea groups is 1. The molecule has 6 nitrogen and oxygen atoms in total. The van der Waals surface area contributed by atoms with Crippen molar-refractivity contribution in [1.29, 1.82) is 0 Å². The molecule has 0 aromatic rings. The van der Waals surface area contributed by atoms with Gasteiger partial charge in [-0.3, -0.25) is 9.69 Å². The Labute approximate surface area is 108 Å². The third kappa shape index (κ3) is 3.68. The first kappa shape index (κ1) is 14.9. The molecule has 1 aliphatic rings. The zero-order valence-electron chi connectivity index (χ0n) is 11.7. The first-order valence-electron chi connectivity index (χ1n) is 6.18. The van der Waals surface area contributed by atoms with Gasteiger partial charge in [-0.2, -0.15) is 0 Å². The van der Waals surface area contributed by atoms with Crippen molar-refractivity contribution in [2.75, 3.05) is 47.9 Å². The summed E-state index contributed by atoms with van der Waals surface area (Å²) in [4.78, 5) is 28.4. The van der Waals surface area contributed by atoms with Crippen LogP contribution in [0.25, 0.3) is 0 Å². The van der Waals surface area contributed by atoms with Crippen LogP contribution in [0, 0.1) is 0 Å². The monoisotopic (exact) mass is 257 g/mol. The molecular weight excluding hydrogens is 234 g/mol. The summed E-state index contributed by atoms with van der Waals surface area (Å²) in [5.41, 5.74) is 0. The summed E-state index contributed by atoms with van der Waals surface area (Å²) < 4.78 is 5.00. The second-order valence-electron chi connectivity index (χ2n) is 4.81. The summed E-state index contributed by atoms with van der Waals surface area (Å²) in [6.07, 6.45) is 1.35. The van der Waals surface area contributed by atoms with Crippen LogP contribution in [0.4, 0.5) is 4.79 Å². The summed E-state index contributed by atoms with van der Waals surface area (Å²) in [5.74, 6) is -0.103. The molecule has 1 unspecified atom stereocenters. The second-order valence-corrected chi connectivity index (χ2v) is 4.81. The van der Waals surface area contributed by atoms with Crippen molar-refractivity contribution in [2.45, 2.75) is 18.9 Å².